The van der Waals surface area contributed by atoms with Crippen LogP contribution < -0.4 is 24.8 Å². The van der Waals surface area contributed by atoms with Crippen molar-refractivity contribution in [3.05, 3.63) is 54.1 Å². The molecular formula is C20H24N2O5. The van der Waals surface area contributed by atoms with E-state index in [1.165, 1.54) is 0 Å². The topological polar surface area (TPSA) is 85.9 Å². The Morgan fingerprint density at radius 1 is 0.778 bits per heavy atom. The first-order valence-electron chi connectivity index (χ1n) is 8.54. The van der Waals surface area contributed by atoms with Crippen LogP contribution in [-0.2, 0) is 16.1 Å². The first-order chi connectivity index (χ1) is 13.1. The molecule has 0 saturated heterocycles. The molecule has 2 rings (SSSR count). The van der Waals surface area contributed by atoms with E-state index in [1.807, 2.05) is 24.3 Å². The zero-order chi connectivity index (χ0) is 19.5. The Bertz CT molecular complexity index is 729. The van der Waals surface area contributed by atoms with Crippen LogP contribution in [0.3, 0.4) is 0 Å². The van der Waals surface area contributed by atoms with Gasteiger partial charge in [0.25, 0.3) is 0 Å². The fourth-order valence-corrected chi connectivity index (χ4v) is 2.25. The van der Waals surface area contributed by atoms with Gasteiger partial charge in [-0.1, -0.05) is 12.1 Å². The van der Waals surface area contributed by atoms with Gasteiger partial charge in [-0.05, 0) is 42.0 Å². The predicted molar refractivity (Wildman–Crippen MR) is 101 cm³/mol. The summed E-state index contributed by atoms with van der Waals surface area (Å²) in [7, 11) is 3.19. The summed E-state index contributed by atoms with van der Waals surface area (Å²) >= 11 is 0. The van der Waals surface area contributed by atoms with Crippen LogP contribution in [-0.4, -0.2) is 39.2 Å². The highest BCUT2D eigenvalue weighted by Crippen LogP contribution is 2.16. The number of hydrogen-bond donors (Lipinski definition) is 2. The van der Waals surface area contributed by atoms with Crippen molar-refractivity contribution in [2.45, 2.75) is 13.0 Å². The Kier molecular flexibility index (Phi) is 7.96. The normalized spacial score (nSPS) is 10.0. The fourth-order valence-electron chi connectivity index (χ4n) is 2.25. The smallest absolute Gasteiger partial charge is 0.229 e. The fraction of sp³-hybridized carbons (Fsp3) is 0.300. The molecule has 0 aromatic heterocycles. The molecule has 0 atom stereocenters. The number of carbonyl (C=O) groups excluding carboxylic acids is 2. The van der Waals surface area contributed by atoms with E-state index >= 15 is 0 Å². The average molecular weight is 372 g/mol. The summed E-state index contributed by atoms with van der Waals surface area (Å²) < 4.78 is 15.6. The maximum atomic E-state index is 11.8. The number of hydrogen-bond acceptors (Lipinski definition) is 5. The van der Waals surface area contributed by atoms with Gasteiger partial charge in [0.05, 0.1) is 20.8 Å². The Balaban J connectivity index is 1.60. The molecule has 7 nitrogen and oxygen atoms in total. The van der Waals surface area contributed by atoms with Gasteiger partial charge in [0.1, 0.15) is 30.3 Å². The van der Waals surface area contributed by atoms with Gasteiger partial charge >= 0.3 is 0 Å². The van der Waals surface area contributed by atoms with Gasteiger partial charge in [0, 0.05) is 6.54 Å². The number of ether oxygens (including phenoxy) is 3. The molecule has 144 valence electrons. The average Bonchev–Trinajstić information content (AvgIpc) is 2.70. The summed E-state index contributed by atoms with van der Waals surface area (Å²) in [6.07, 6.45) is -0.224. The number of nitrogens with one attached hydrogen (secondary N) is 2. The third-order valence-electron chi connectivity index (χ3n) is 3.72. The first-order valence-corrected chi connectivity index (χ1v) is 8.54. The molecule has 2 N–H and O–H groups in total. The van der Waals surface area contributed by atoms with Gasteiger partial charge in [-0.2, -0.15) is 0 Å². The first kappa shape index (κ1) is 20.1. The lowest BCUT2D eigenvalue weighted by Crippen LogP contribution is -2.33. The molecule has 0 aliphatic rings. The van der Waals surface area contributed by atoms with Crippen LogP contribution in [0.4, 0.5) is 0 Å². The van der Waals surface area contributed by atoms with Gasteiger partial charge in [-0.25, -0.2) is 0 Å². The van der Waals surface area contributed by atoms with E-state index in [4.69, 9.17) is 14.2 Å². The molecule has 0 aliphatic heterocycles. The van der Waals surface area contributed by atoms with E-state index < -0.39 is 0 Å². The van der Waals surface area contributed by atoms with Crippen LogP contribution in [0.2, 0.25) is 0 Å². The Hall–Kier alpha value is -3.22. The van der Waals surface area contributed by atoms with Crippen LogP contribution in [0.25, 0.3) is 0 Å². The van der Waals surface area contributed by atoms with E-state index in [0.29, 0.717) is 25.4 Å². The summed E-state index contributed by atoms with van der Waals surface area (Å²) in [5.74, 6) is 1.50. The second-order valence-electron chi connectivity index (χ2n) is 5.68. The van der Waals surface area contributed by atoms with Crippen molar-refractivity contribution in [3.8, 4) is 17.2 Å². The van der Waals surface area contributed by atoms with Gasteiger partial charge < -0.3 is 24.8 Å². The molecule has 0 unspecified atom stereocenters. The minimum atomic E-state index is -0.347. The van der Waals surface area contributed by atoms with E-state index in [0.717, 1.165) is 17.1 Å². The quantitative estimate of drug-likeness (QED) is 0.491. The van der Waals surface area contributed by atoms with E-state index in [9.17, 15) is 9.59 Å². The van der Waals surface area contributed by atoms with Crippen molar-refractivity contribution < 1.29 is 23.8 Å². The summed E-state index contributed by atoms with van der Waals surface area (Å²) in [6.45, 7) is 0.985. The second-order valence-corrected chi connectivity index (χ2v) is 5.68. The molecule has 2 aromatic rings. The van der Waals surface area contributed by atoms with Gasteiger partial charge in [0.2, 0.25) is 11.8 Å². The Morgan fingerprint density at radius 3 is 1.89 bits per heavy atom. The lowest BCUT2D eigenvalue weighted by Gasteiger charge is -2.09. The number of rotatable bonds is 10. The molecule has 0 saturated carbocycles. The molecule has 0 fully saturated rings. The van der Waals surface area contributed by atoms with Gasteiger partial charge in [0.15, 0.2) is 0 Å². The molecule has 2 aromatic carbocycles. The minimum absolute atomic E-state index is 0.224. The summed E-state index contributed by atoms with van der Waals surface area (Å²) in [5.41, 5.74) is 0.928. The Morgan fingerprint density at radius 2 is 1.30 bits per heavy atom. The largest absolute Gasteiger partial charge is 0.497 e. The lowest BCUT2D eigenvalue weighted by molar-refractivity contribution is -0.129. The molecule has 0 aliphatic carbocycles. The van der Waals surface area contributed by atoms with Crippen LogP contribution in [0.5, 0.6) is 17.2 Å². The van der Waals surface area contributed by atoms with E-state index in [-0.39, 0.29) is 18.2 Å². The van der Waals surface area contributed by atoms with Crippen molar-refractivity contribution >= 4 is 11.8 Å². The summed E-state index contributed by atoms with van der Waals surface area (Å²) in [6, 6.07) is 14.5. The van der Waals surface area contributed by atoms with Crippen molar-refractivity contribution in [2.24, 2.45) is 0 Å². The van der Waals surface area contributed by atoms with Crippen LogP contribution in [0.1, 0.15) is 12.0 Å². The molecule has 0 radical (unpaired) electrons. The highest BCUT2D eigenvalue weighted by molar-refractivity contribution is 5.96. The van der Waals surface area contributed by atoms with Crippen LogP contribution >= 0.6 is 0 Å². The summed E-state index contributed by atoms with van der Waals surface area (Å²) in [5, 5.41) is 5.36. The van der Waals surface area contributed by atoms with E-state index in [1.54, 1.807) is 38.5 Å². The maximum Gasteiger partial charge on any atom is 0.229 e. The lowest BCUT2D eigenvalue weighted by atomic mass is 10.2. The number of amides is 2. The molecule has 7 heteroatoms. The zero-order valence-electron chi connectivity index (χ0n) is 15.5. The molecular weight excluding hydrogens is 348 g/mol. The van der Waals surface area contributed by atoms with E-state index in [2.05, 4.69) is 10.6 Å². The predicted octanol–water partition coefficient (Wildman–Crippen LogP) is 1.91. The van der Waals surface area contributed by atoms with Crippen LogP contribution in [0, 0.1) is 0 Å². The monoisotopic (exact) mass is 372 g/mol. The third-order valence-corrected chi connectivity index (χ3v) is 3.72. The van der Waals surface area contributed by atoms with Crippen molar-refractivity contribution in [1.29, 1.82) is 0 Å². The number of carbonyl (C=O) groups is 2. The third kappa shape index (κ3) is 7.27. The number of methoxy groups -OCH3 is 2. The molecule has 2 amide bonds. The zero-order valence-corrected chi connectivity index (χ0v) is 15.5. The SMILES string of the molecule is COc1ccc(CNC(=O)CC(=O)NCCOc2ccc(OC)cc2)cc1. The molecule has 0 spiro atoms. The van der Waals surface area contributed by atoms with Crippen molar-refractivity contribution in [3.63, 3.8) is 0 Å². The second kappa shape index (κ2) is 10.7. The highest BCUT2D eigenvalue weighted by atomic mass is 16.5. The summed E-state index contributed by atoms with van der Waals surface area (Å²) in [4.78, 5) is 23.6. The van der Waals surface area contributed by atoms with Gasteiger partial charge in [-0.15, -0.1) is 0 Å². The van der Waals surface area contributed by atoms with Crippen molar-refractivity contribution in [1.82, 2.24) is 10.6 Å². The van der Waals surface area contributed by atoms with Crippen LogP contribution in [0.15, 0.2) is 48.5 Å². The van der Waals surface area contributed by atoms with Gasteiger partial charge in [-0.3, -0.25) is 9.59 Å². The Labute approximate surface area is 158 Å². The molecule has 0 heterocycles. The highest BCUT2D eigenvalue weighted by Gasteiger charge is 2.08. The molecule has 27 heavy (non-hydrogen) atoms. The van der Waals surface area contributed by atoms with Crippen molar-refractivity contribution in [2.75, 3.05) is 27.4 Å². The molecule has 0 bridgehead atoms. The standard InChI is InChI=1S/C20H24N2O5/c1-25-16-5-3-15(4-6-16)14-22-20(24)13-19(23)21-11-12-27-18-9-7-17(26-2)8-10-18/h3-10H,11-14H2,1-2H3,(H,21,23)(H,22,24). The maximum absolute atomic E-state index is 11.8. The minimum Gasteiger partial charge on any atom is -0.497 e. The number of benzene rings is 2.